The highest BCUT2D eigenvalue weighted by Crippen LogP contribution is 2.31. The highest BCUT2D eigenvalue weighted by Gasteiger charge is 2.18. The first-order valence-electron chi connectivity index (χ1n) is 6.59. The molecule has 1 unspecified atom stereocenters. The van der Waals surface area contributed by atoms with E-state index in [1.54, 1.807) is 12.1 Å². The third-order valence-electron chi connectivity index (χ3n) is 3.30. The minimum Gasteiger partial charge on any atom is -0.459 e. The van der Waals surface area contributed by atoms with Gasteiger partial charge in [0.1, 0.15) is 17.2 Å². The molecule has 2 rings (SSSR count). The van der Waals surface area contributed by atoms with Gasteiger partial charge in [0.05, 0.1) is 6.04 Å². The Bertz CT molecular complexity index is 533. The first-order chi connectivity index (χ1) is 8.67. The number of halogens is 1. The lowest BCUT2D eigenvalue weighted by atomic mass is 10.1. The zero-order chi connectivity index (χ0) is 13.1. The van der Waals surface area contributed by atoms with Crippen LogP contribution >= 0.6 is 0 Å². The summed E-state index contributed by atoms with van der Waals surface area (Å²) in [5.74, 6) is 0.721. The topological polar surface area (TPSA) is 25.2 Å². The monoisotopic (exact) mass is 249 g/mol. The number of aryl methyl sites for hydroxylation is 1. The zero-order valence-electron chi connectivity index (χ0n) is 11.2. The number of benzene rings is 1. The van der Waals surface area contributed by atoms with Crippen molar-refractivity contribution in [3.63, 3.8) is 0 Å². The molecule has 98 valence electrons. The summed E-state index contributed by atoms with van der Waals surface area (Å²) in [6.07, 6.45) is 2.05. The van der Waals surface area contributed by atoms with Crippen LogP contribution in [0.2, 0.25) is 0 Å². The molecule has 0 amide bonds. The molecule has 0 aliphatic rings. The average molecular weight is 249 g/mol. The van der Waals surface area contributed by atoms with E-state index in [-0.39, 0.29) is 11.9 Å². The van der Waals surface area contributed by atoms with Crippen LogP contribution in [0.1, 0.15) is 44.1 Å². The molecule has 2 aromatic rings. The van der Waals surface area contributed by atoms with Gasteiger partial charge in [-0.2, -0.15) is 0 Å². The normalized spacial score (nSPS) is 13.1. The number of hydrogen-bond donors (Lipinski definition) is 1. The van der Waals surface area contributed by atoms with Gasteiger partial charge in [-0.3, -0.25) is 0 Å². The van der Waals surface area contributed by atoms with Crippen molar-refractivity contribution < 1.29 is 8.81 Å². The number of hydrogen-bond acceptors (Lipinski definition) is 2. The molecule has 0 radical (unpaired) electrons. The van der Waals surface area contributed by atoms with Crippen molar-refractivity contribution in [1.82, 2.24) is 5.32 Å². The number of rotatable bonds is 5. The molecule has 0 fully saturated rings. The Labute approximate surface area is 107 Å². The van der Waals surface area contributed by atoms with Crippen LogP contribution in [0.15, 0.2) is 22.6 Å². The molecular weight excluding hydrogens is 229 g/mol. The molecule has 1 aromatic carbocycles. The molecule has 0 aliphatic heterocycles. The van der Waals surface area contributed by atoms with Crippen LogP contribution in [0.25, 0.3) is 11.0 Å². The van der Waals surface area contributed by atoms with Crippen LogP contribution in [-0.2, 0) is 0 Å². The summed E-state index contributed by atoms with van der Waals surface area (Å²) in [6, 6.07) is 4.90. The minimum absolute atomic E-state index is 0.209. The van der Waals surface area contributed by atoms with Gasteiger partial charge in [-0.15, -0.1) is 0 Å². The van der Waals surface area contributed by atoms with E-state index >= 15 is 0 Å². The van der Waals surface area contributed by atoms with E-state index in [2.05, 4.69) is 19.2 Å². The van der Waals surface area contributed by atoms with Gasteiger partial charge >= 0.3 is 0 Å². The smallest absolute Gasteiger partial charge is 0.134 e. The van der Waals surface area contributed by atoms with Gasteiger partial charge in [-0.1, -0.05) is 13.8 Å². The van der Waals surface area contributed by atoms with Crippen LogP contribution in [0.5, 0.6) is 0 Å². The maximum absolute atomic E-state index is 13.3. The minimum atomic E-state index is -0.215. The summed E-state index contributed by atoms with van der Waals surface area (Å²) in [6.45, 7) is 7.22. The Balaban J connectivity index is 2.40. The van der Waals surface area contributed by atoms with Crippen molar-refractivity contribution in [2.45, 2.75) is 39.7 Å². The Kier molecular flexibility index (Phi) is 4.02. The number of furan rings is 1. The molecular formula is C15H20FNO. The number of nitrogens with one attached hydrogen (secondary N) is 1. The largest absolute Gasteiger partial charge is 0.459 e. The SMILES string of the molecule is CCCNC(CC)c1oc2ccc(F)cc2c1C. The average Bonchev–Trinajstić information content (AvgIpc) is 2.68. The van der Waals surface area contributed by atoms with Gasteiger partial charge in [0, 0.05) is 10.9 Å². The van der Waals surface area contributed by atoms with Crippen LogP contribution in [-0.4, -0.2) is 6.54 Å². The summed E-state index contributed by atoms with van der Waals surface area (Å²) < 4.78 is 19.1. The van der Waals surface area contributed by atoms with E-state index in [0.717, 1.165) is 41.7 Å². The van der Waals surface area contributed by atoms with Gasteiger partial charge in [0.15, 0.2) is 0 Å². The van der Waals surface area contributed by atoms with Crippen molar-refractivity contribution in [3.05, 3.63) is 35.3 Å². The lowest BCUT2D eigenvalue weighted by molar-refractivity contribution is 0.418. The standard InChI is InChI=1S/C15H20FNO/c1-4-8-17-13(5-2)15-10(3)12-9-11(16)6-7-14(12)18-15/h6-7,9,13,17H,4-5,8H2,1-3H3. The second-order valence-electron chi connectivity index (χ2n) is 4.65. The molecule has 0 saturated heterocycles. The zero-order valence-corrected chi connectivity index (χ0v) is 11.2. The van der Waals surface area contributed by atoms with Crippen molar-refractivity contribution in [1.29, 1.82) is 0 Å². The first-order valence-corrected chi connectivity index (χ1v) is 6.59. The Morgan fingerprint density at radius 3 is 2.78 bits per heavy atom. The quantitative estimate of drug-likeness (QED) is 0.853. The third-order valence-corrected chi connectivity index (χ3v) is 3.30. The molecule has 2 nitrogen and oxygen atoms in total. The van der Waals surface area contributed by atoms with Crippen molar-refractivity contribution >= 4 is 11.0 Å². The molecule has 18 heavy (non-hydrogen) atoms. The molecule has 0 spiro atoms. The fourth-order valence-electron chi connectivity index (χ4n) is 2.29. The van der Waals surface area contributed by atoms with E-state index < -0.39 is 0 Å². The van der Waals surface area contributed by atoms with E-state index in [1.807, 2.05) is 6.92 Å². The third kappa shape index (κ3) is 2.41. The fraction of sp³-hybridized carbons (Fsp3) is 0.467. The Morgan fingerprint density at radius 1 is 1.33 bits per heavy atom. The summed E-state index contributed by atoms with van der Waals surface area (Å²) in [7, 11) is 0. The highest BCUT2D eigenvalue weighted by atomic mass is 19.1. The predicted octanol–water partition coefficient (Wildman–Crippen LogP) is 4.33. The van der Waals surface area contributed by atoms with Crippen LogP contribution in [0.4, 0.5) is 4.39 Å². The van der Waals surface area contributed by atoms with E-state index in [9.17, 15) is 4.39 Å². The van der Waals surface area contributed by atoms with Crippen LogP contribution in [0, 0.1) is 12.7 Å². The van der Waals surface area contributed by atoms with Crippen LogP contribution in [0.3, 0.4) is 0 Å². The van der Waals surface area contributed by atoms with Gasteiger partial charge < -0.3 is 9.73 Å². The summed E-state index contributed by atoms with van der Waals surface area (Å²) in [5.41, 5.74) is 1.81. The summed E-state index contributed by atoms with van der Waals surface area (Å²) in [5, 5.41) is 4.34. The van der Waals surface area contributed by atoms with Gasteiger partial charge in [0.25, 0.3) is 0 Å². The fourth-order valence-corrected chi connectivity index (χ4v) is 2.29. The second kappa shape index (κ2) is 5.53. The molecule has 1 heterocycles. The molecule has 0 bridgehead atoms. The highest BCUT2D eigenvalue weighted by molar-refractivity contribution is 5.82. The summed E-state index contributed by atoms with van der Waals surface area (Å²) in [4.78, 5) is 0. The second-order valence-corrected chi connectivity index (χ2v) is 4.65. The Hall–Kier alpha value is -1.35. The van der Waals surface area contributed by atoms with Crippen molar-refractivity contribution in [2.75, 3.05) is 6.54 Å². The summed E-state index contributed by atoms with van der Waals surface area (Å²) >= 11 is 0. The van der Waals surface area contributed by atoms with E-state index in [0.29, 0.717) is 0 Å². The maximum atomic E-state index is 13.3. The molecule has 0 saturated carbocycles. The maximum Gasteiger partial charge on any atom is 0.134 e. The van der Waals surface area contributed by atoms with Gasteiger partial charge in [-0.05, 0) is 44.5 Å². The lowest BCUT2D eigenvalue weighted by Crippen LogP contribution is -2.21. The predicted molar refractivity (Wildman–Crippen MR) is 72.2 cm³/mol. The molecule has 3 heteroatoms. The first kappa shape index (κ1) is 13.1. The number of fused-ring (bicyclic) bond motifs is 1. The van der Waals surface area contributed by atoms with Crippen molar-refractivity contribution in [2.24, 2.45) is 0 Å². The van der Waals surface area contributed by atoms with E-state index in [1.165, 1.54) is 6.07 Å². The Morgan fingerprint density at radius 2 is 2.11 bits per heavy atom. The van der Waals surface area contributed by atoms with Gasteiger partial charge in [0.2, 0.25) is 0 Å². The molecule has 1 aromatic heterocycles. The molecule has 1 atom stereocenters. The van der Waals surface area contributed by atoms with Crippen LogP contribution < -0.4 is 5.32 Å². The van der Waals surface area contributed by atoms with E-state index in [4.69, 9.17) is 4.42 Å². The molecule has 0 aliphatic carbocycles. The lowest BCUT2D eigenvalue weighted by Gasteiger charge is -2.14. The van der Waals surface area contributed by atoms with Gasteiger partial charge in [-0.25, -0.2) is 4.39 Å². The molecule has 1 N–H and O–H groups in total. The van der Waals surface area contributed by atoms with Crippen molar-refractivity contribution in [3.8, 4) is 0 Å².